The lowest BCUT2D eigenvalue weighted by Gasteiger charge is -2.07. The molecular formula is C17H17FN4OS. The highest BCUT2D eigenvalue weighted by Crippen LogP contribution is 2.32. The number of benzene rings is 1. The van der Waals surface area contributed by atoms with Crippen molar-refractivity contribution in [2.45, 2.75) is 5.16 Å². The van der Waals surface area contributed by atoms with Gasteiger partial charge in [-0.05, 0) is 42.7 Å². The first-order valence-corrected chi connectivity index (χ1v) is 8.65. The number of H-pyrrole nitrogens is 1. The van der Waals surface area contributed by atoms with E-state index in [1.165, 1.54) is 23.9 Å². The Bertz CT molecular complexity index is 820. The molecule has 3 N–H and O–H groups in total. The van der Waals surface area contributed by atoms with Crippen LogP contribution in [0.5, 0.6) is 0 Å². The molecule has 0 fully saturated rings. The Hall–Kier alpha value is -2.38. The fraction of sp³-hybridized carbons (Fsp3) is 0.176. The van der Waals surface area contributed by atoms with Crippen LogP contribution in [-0.4, -0.2) is 39.5 Å². The van der Waals surface area contributed by atoms with Crippen LogP contribution in [0.3, 0.4) is 0 Å². The summed E-state index contributed by atoms with van der Waals surface area (Å²) in [7, 11) is 0. The topological polar surface area (TPSA) is 73.8 Å². The molecule has 0 atom stereocenters. The van der Waals surface area contributed by atoms with E-state index in [0.29, 0.717) is 12.4 Å². The maximum atomic E-state index is 13.2. The summed E-state index contributed by atoms with van der Waals surface area (Å²) < 4.78 is 13.2. The summed E-state index contributed by atoms with van der Waals surface area (Å²) in [6.07, 6.45) is 3.63. The maximum absolute atomic E-state index is 13.2. The molecule has 0 radical (unpaired) electrons. The summed E-state index contributed by atoms with van der Waals surface area (Å²) in [6.45, 7) is 0.462. The first-order valence-electron chi connectivity index (χ1n) is 7.42. The number of pyridine rings is 1. The van der Waals surface area contributed by atoms with Gasteiger partial charge in [0.1, 0.15) is 11.6 Å². The van der Waals surface area contributed by atoms with E-state index < -0.39 is 0 Å². The van der Waals surface area contributed by atoms with Gasteiger partial charge in [0.05, 0.1) is 18.0 Å². The molecule has 2 heterocycles. The van der Waals surface area contributed by atoms with Gasteiger partial charge in [0, 0.05) is 23.9 Å². The summed E-state index contributed by atoms with van der Waals surface area (Å²) in [4.78, 5) is 12.1. The van der Waals surface area contributed by atoms with Crippen molar-refractivity contribution in [1.29, 1.82) is 0 Å². The number of rotatable bonds is 6. The molecule has 0 unspecified atom stereocenters. The third kappa shape index (κ3) is 3.58. The molecule has 0 amide bonds. The van der Waals surface area contributed by atoms with Crippen LogP contribution in [0.2, 0.25) is 0 Å². The van der Waals surface area contributed by atoms with E-state index >= 15 is 0 Å². The first kappa shape index (κ1) is 16.5. The Balaban J connectivity index is 2.04. The van der Waals surface area contributed by atoms with Crippen molar-refractivity contribution >= 4 is 17.6 Å². The van der Waals surface area contributed by atoms with Crippen molar-refractivity contribution in [2.75, 3.05) is 24.7 Å². The Morgan fingerprint density at radius 1 is 1.21 bits per heavy atom. The van der Waals surface area contributed by atoms with E-state index in [1.807, 2.05) is 18.4 Å². The smallest absolute Gasteiger partial charge is 0.166 e. The standard InChI is InChI=1S/C17H17FN4OS/c1-24-17-21-15(11-2-4-13(18)5-3-11)16(22-17)12-6-7-19-14(10-12)20-8-9-23/h2-7,10,23H,8-9H2,1H3,(H,19,20)(H,21,22). The molecule has 0 aliphatic carbocycles. The summed E-state index contributed by atoms with van der Waals surface area (Å²) in [5.74, 6) is 0.393. The summed E-state index contributed by atoms with van der Waals surface area (Å²) in [6, 6.07) is 10.1. The van der Waals surface area contributed by atoms with Gasteiger partial charge in [-0.15, -0.1) is 0 Å². The molecule has 3 aromatic rings. The zero-order chi connectivity index (χ0) is 16.9. The number of hydrogen-bond donors (Lipinski definition) is 3. The molecule has 1 aromatic carbocycles. The molecule has 124 valence electrons. The number of imidazole rings is 1. The monoisotopic (exact) mass is 344 g/mol. The molecule has 0 spiro atoms. The summed E-state index contributed by atoms with van der Waals surface area (Å²) >= 11 is 1.51. The molecule has 0 bridgehead atoms. The number of aliphatic hydroxyl groups is 1. The minimum Gasteiger partial charge on any atom is -0.395 e. The van der Waals surface area contributed by atoms with E-state index in [0.717, 1.165) is 27.7 Å². The number of aromatic nitrogens is 3. The number of aromatic amines is 1. The van der Waals surface area contributed by atoms with E-state index in [-0.39, 0.29) is 12.4 Å². The minimum absolute atomic E-state index is 0.0335. The maximum Gasteiger partial charge on any atom is 0.166 e. The SMILES string of the molecule is CSc1nc(-c2ccnc(NCCO)c2)c(-c2ccc(F)cc2)[nH]1. The molecule has 0 aliphatic heterocycles. The molecule has 24 heavy (non-hydrogen) atoms. The third-order valence-electron chi connectivity index (χ3n) is 3.46. The van der Waals surface area contributed by atoms with Crippen molar-refractivity contribution in [3.8, 4) is 22.5 Å². The number of nitrogens with one attached hydrogen (secondary N) is 2. The Morgan fingerprint density at radius 3 is 2.71 bits per heavy atom. The average Bonchev–Trinajstić information content (AvgIpc) is 3.05. The van der Waals surface area contributed by atoms with Crippen LogP contribution in [0.25, 0.3) is 22.5 Å². The highest BCUT2D eigenvalue weighted by atomic mass is 32.2. The molecule has 0 saturated heterocycles. The highest BCUT2D eigenvalue weighted by molar-refractivity contribution is 7.98. The van der Waals surface area contributed by atoms with Crippen LogP contribution < -0.4 is 5.32 Å². The molecule has 3 rings (SSSR count). The number of nitrogens with zero attached hydrogens (tertiary/aromatic N) is 2. The predicted octanol–water partition coefficient (Wildman–Crippen LogP) is 3.40. The van der Waals surface area contributed by atoms with Gasteiger partial charge in [0.25, 0.3) is 0 Å². The Kier molecular flexibility index (Phi) is 5.12. The molecule has 5 nitrogen and oxygen atoms in total. The second-order valence-electron chi connectivity index (χ2n) is 5.06. The van der Waals surface area contributed by atoms with Crippen LogP contribution in [-0.2, 0) is 0 Å². The largest absolute Gasteiger partial charge is 0.395 e. The van der Waals surface area contributed by atoms with E-state index in [2.05, 4.69) is 20.3 Å². The van der Waals surface area contributed by atoms with Crippen molar-refractivity contribution in [1.82, 2.24) is 15.0 Å². The molecule has 0 aliphatic rings. The second kappa shape index (κ2) is 7.46. The van der Waals surface area contributed by atoms with Gasteiger partial charge in [-0.25, -0.2) is 14.4 Å². The van der Waals surface area contributed by atoms with Crippen LogP contribution >= 0.6 is 11.8 Å². The van der Waals surface area contributed by atoms with Crippen molar-refractivity contribution in [3.63, 3.8) is 0 Å². The zero-order valence-corrected chi connectivity index (χ0v) is 13.9. The van der Waals surface area contributed by atoms with Gasteiger partial charge in [-0.2, -0.15) is 0 Å². The van der Waals surface area contributed by atoms with Crippen LogP contribution in [0.15, 0.2) is 47.8 Å². The quantitative estimate of drug-likeness (QED) is 0.598. The summed E-state index contributed by atoms with van der Waals surface area (Å²) in [5, 5.41) is 12.7. The number of thioether (sulfide) groups is 1. The average molecular weight is 344 g/mol. The van der Waals surface area contributed by atoms with Gasteiger partial charge in [0.2, 0.25) is 0 Å². The predicted molar refractivity (Wildman–Crippen MR) is 94.6 cm³/mol. The Morgan fingerprint density at radius 2 is 2.00 bits per heavy atom. The fourth-order valence-electron chi connectivity index (χ4n) is 2.34. The third-order valence-corrected chi connectivity index (χ3v) is 4.04. The van der Waals surface area contributed by atoms with Gasteiger partial charge in [-0.3, -0.25) is 0 Å². The van der Waals surface area contributed by atoms with Gasteiger partial charge < -0.3 is 15.4 Å². The minimum atomic E-state index is -0.274. The zero-order valence-electron chi connectivity index (χ0n) is 13.1. The number of halogens is 1. The first-order chi connectivity index (χ1) is 11.7. The van der Waals surface area contributed by atoms with E-state index in [4.69, 9.17) is 5.11 Å². The number of anilines is 1. The molecule has 2 aromatic heterocycles. The lowest BCUT2D eigenvalue weighted by molar-refractivity contribution is 0.311. The lowest BCUT2D eigenvalue weighted by atomic mass is 10.1. The van der Waals surface area contributed by atoms with E-state index in [1.54, 1.807) is 18.3 Å². The number of aliphatic hydroxyl groups excluding tert-OH is 1. The molecule has 0 saturated carbocycles. The van der Waals surface area contributed by atoms with Crippen LogP contribution in [0, 0.1) is 5.82 Å². The van der Waals surface area contributed by atoms with Crippen LogP contribution in [0.1, 0.15) is 0 Å². The summed E-state index contributed by atoms with van der Waals surface area (Å²) in [5.41, 5.74) is 3.36. The normalized spacial score (nSPS) is 10.8. The lowest BCUT2D eigenvalue weighted by Crippen LogP contribution is -2.06. The fourth-order valence-corrected chi connectivity index (χ4v) is 2.73. The van der Waals surface area contributed by atoms with Crippen LogP contribution in [0.4, 0.5) is 10.2 Å². The van der Waals surface area contributed by atoms with Gasteiger partial charge in [-0.1, -0.05) is 11.8 Å². The van der Waals surface area contributed by atoms with Crippen molar-refractivity contribution in [2.24, 2.45) is 0 Å². The molecular weight excluding hydrogens is 327 g/mol. The van der Waals surface area contributed by atoms with Crippen molar-refractivity contribution in [3.05, 3.63) is 48.4 Å². The number of hydrogen-bond acceptors (Lipinski definition) is 5. The van der Waals surface area contributed by atoms with E-state index in [9.17, 15) is 4.39 Å². The van der Waals surface area contributed by atoms with Gasteiger partial charge >= 0.3 is 0 Å². The van der Waals surface area contributed by atoms with Gasteiger partial charge in [0.15, 0.2) is 5.16 Å². The second-order valence-corrected chi connectivity index (χ2v) is 5.85. The Labute approximate surface area is 143 Å². The molecule has 7 heteroatoms. The van der Waals surface area contributed by atoms with Crippen molar-refractivity contribution < 1.29 is 9.50 Å². The highest BCUT2D eigenvalue weighted by Gasteiger charge is 2.14.